The Hall–Kier alpha value is -3.12. The molecule has 0 aliphatic carbocycles. The van der Waals surface area contributed by atoms with E-state index < -0.39 is 11.8 Å². The smallest absolute Gasteiger partial charge is 0.276 e. The van der Waals surface area contributed by atoms with Crippen LogP contribution in [0.4, 0.5) is 5.69 Å². The lowest BCUT2D eigenvalue weighted by atomic mass is 10.1. The van der Waals surface area contributed by atoms with Crippen LogP contribution >= 0.6 is 11.6 Å². The van der Waals surface area contributed by atoms with Gasteiger partial charge in [0, 0.05) is 10.7 Å². The van der Waals surface area contributed by atoms with E-state index in [9.17, 15) is 9.59 Å². The molecule has 0 saturated heterocycles. The van der Waals surface area contributed by atoms with Crippen LogP contribution in [-0.2, 0) is 0 Å². The molecule has 1 atom stereocenters. The van der Waals surface area contributed by atoms with Gasteiger partial charge in [0.2, 0.25) is 0 Å². The zero-order valence-corrected chi connectivity index (χ0v) is 14.7. The maximum Gasteiger partial charge on any atom is 0.276 e. The van der Waals surface area contributed by atoms with Crippen LogP contribution in [-0.4, -0.2) is 21.8 Å². The minimum atomic E-state index is -0.480. The zero-order valence-electron chi connectivity index (χ0n) is 14.0. The predicted molar refractivity (Wildman–Crippen MR) is 100 cm³/mol. The third kappa shape index (κ3) is 4.10. The summed E-state index contributed by atoms with van der Waals surface area (Å²) in [5.74, 6) is -0.883. The third-order valence-corrected chi connectivity index (χ3v) is 4.08. The first-order valence-corrected chi connectivity index (χ1v) is 8.38. The van der Waals surface area contributed by atoms with Crippen LogP contribution < -0.4 is 10.6 Å². The standard InChI is InChI=1S/C19H17ClN4O2/c1-12(13-5-3-2-4-6-13)23-18(25)16-17(22-11-21-16)19(26)24-15-9-7-14(20)8-10-15/h2-12H,1H3,(H,21,22)(H,23,25)(H,24,26)/t12-/m1/s1. The molecular weight excluding hydrogens is 352 g/mol. The highest BCUT2D eigenvalue weighted by molar-refractivity contribution is 6.30. The lowest BCUT2D eigenvalue weighted by molar-refractivity contribution is 0.0923. The summed E-state index contributed by atoms with van der Waals surface area (Å²) in [6, 6.07) is 16.0. The fourth-order valence-electron chi connectivity index (χ4n) is 2.46. The number of hydrogen-bond donors (Lipinski definition) is 3. The Bertz CT molecular complexity index is 907. The van der Waals surface area contributed by atoms with Gasteiger partial charge in [-0.3, -0.25) is 9.59 Å². The van der Waals surface area contributed by atoms with E-state index in [1.54, 1.807) is 24.3 Å². The zero-order chi connectivity index (χ0) is 18.5. The topological polar surface area (TPSA) is 86.9 Å². The highest BCUT2D eigenvalue weighted by atomic mass is 35.5. The number of rotatable bonds is 5. The molecule has 3 rings (SSSR count). The van der Waals surface area contributed by atoms with Crippen LogP contribution in [0.1, 0.15) is 39.5 Å². The van der Waals surface area contributed by atoms with Crippen molar-refractivity contribution in [2.45, 2.75) is 13.0 Å². The second-order valence-corrected chi connectivity index (χ2v) is 6.13. The summed E-state index contributed by atoms with van der Waals surface area (Å²) in [5, 5.41) is 6.12. The van der Waals surface area contributed by atoms with Crippen molar-refractivity contribution in [2.24, 2.45) is 0 Å². The summed E-state index contributed by atoms with van der Waals surface area (Å²) < 4.78 is 0. The van der Waals surface area contributed by atoms with E-state index in [1.165, 1.54) is 6.33 Å². The van der Waals surface area contributed by atoms with Gasteiger partial charge in [0.25, 0.3) is 11.8 Å². The number of nitrogens with zero attached hydrogens (tertiary/aromatic N) is 1. The summed E-state index contributed by atoms with van der Waals surface area (Å²) in [5.41, 5.74) is 1.66. The number of carbonyl (C=O) groups is 2. The van der Waals surface area contributed by atoms with Gasteiger partial charge < -0.3 is 15.6 Å². The normalized spacial score (nSPS) is 11.6. The number of halogens is 1. The first kappa shape index (κ1) is 17.7. The lowest BCUT2D eigenvalue weighted by Crippen LogP contribution is -2.29. The maximum atomic E-state index is 12.5. The number of imidazole rings is 1. The van der Waals surface area contributed by atoms with Crippen LogP contribution in [0, 0.1) is 0 Å². The fraction of sp³-hybridized carbons (Fsp3) is 0.105. The molecule has 0 fully saturated rings. The van der Waals surface area contributed by atoms with Crippen molar-refractivity contribution in [1.29, 1.82) is 0 Å². The molecule has 0 saturated carbocycles. The molecule has 2 amide bonds. The van der Waals surface area contributed by atoms with Crippen LogP contribution in [0.3, 0.4) is 0 Å². The molecule has 3 aromatic rings. The maximum absolute atomic E-state index is 12.5. The van der Waals surface area contributed by atoms with E-state index in [0.29, 0.717) is 10.7 Å². The van der Waals surface area contributed by atoms with E-state index in [0.717, 1.165) is 5.56 Å². The van der Waals surface area contributed by atoms with Gasteiger partial charge in [0.05, 0.1) is 12.4 Å². The summed E-state index contributed by atoms with van der Waals surface area (Å²) in [7, 11) is 0. The molecule has 1 aromatic heterocycles. The first-order valence-electron chi connectivity index (χ1n) is 8.00. The second-order valence-electron chi connectivity index (χ2n) is 5.69. The molecular formula is C19H17ClN4O2. The van der Waals surface area contributed by atoms with Crippen molar-refractivity contribution < 1.29 is 9.59 Å². The van der Waals surface area contributed by atoms with Crippen molar-refractivity contribution in [3.05, 3.63) is 82.9 Å². The van der Waals surface area contributed by atoms with Crippen LogP contribution in [0.5, 0.6) is 0 Å². The Morgan fingerprint density at radius 1 is 1.04 bits per heavy atom. The molecule has 0 bridgehead atoms. The number of H-pyrrole nitrogens is 1. The second kappa shape index (κ2) is 7.84. The number of carbonyl (C=O) groups excluding carboxylic acids is 2. The quantitative estimate of drug-likeness (QED) is 0.640. The highest BCUT2D eigenvalue weighted by Gasteiger charge is 2.22. The number of aromatic amines is 1. The Morgan fingerprint density at radius 2 is 1.73 bits per heavy atom. The predicted octanol–water partition coefficient (Wildman–Crippen LogP) is 3.81. The molecule has 7 heteroatoms. The molecule has 0 unspecified atom stereocenters. The van der Waals surface area contributed by atoms with Gasteiger partial charge >= 0.3 is 0 Å². The van der Waals surface area contributed by atoms with E-state index in [-0.39, 0.29) is 17.4 Å². The summed E-state index contributed by atoms with van der Waals surface area (Å²) in [6.07, 6.45) is 1.32. The first-order chi connectivity index (χ1) is 12.5. The van der Waals surface area contributed by atoms with E-state index in [2.05, 4.69) is 20.6 Å². The number of amides is 2. The minimum absolute atomic E-state index is 0.0257. The van der Waals surface area contributed by atoms with Crippen molar-refractivity contribution in [1.82, 2.24) is 15.3 Å². The lowest BCUT2D eigenvalue weighted by Gasteiger charge is -2.14. The molecule has 0 aliphatic heterocycles. The van der Waals surface area contributed by atoms with Crippen molar-refractivity contribution in [3.8, 4) is 0 Å². The number of nitrogens with one attached hydrogen (secondary N) is 3. The average molecular weight is 369 g/mol. The van der Waals surface area contributed by atoms with E-state index in [4.69, 9.17) is 11.6 Å². The van der Waals surface area contributed by atoms with Gasteiger partial charge in [-0.1, -0.05) is 41.9 Å². The minimum Gasteiger partial charge on any atom is -0.344 e. The summed E-state index contributed by atoms with van der Waals surface area (Å²) in [4.78, 5) is 31.7. The van der Waals surface area contributed by atoms with Gasteiger partial charge in [0.1, 0.15) is 5.69 Å². The molecule has 0 spiro atoms. The van der Waals surface area contributed by atoms with Gasteiger partial charge in [-0.05, 0) is 36.8 Å². The molecule has 26 heavy (non-hydrogen) atoms. The fourth-order valence-corrected chi connectivity index (χ4v) is 2.58. The molecule has 132 valence electrons. The number of hydrogen-bond acceptors (Lipinski definition) is 3. The third-order valence-electron chi connectivity index (χ3n) is 3.83. The van der Waals surface area contributed by atoms with Gasteiger partial charge in [-0.25, -0.2) is 4.98 Å². The number of benzene rings is 2. The Labute approximate surface area is 155 Å². The Morgan fingerprint density at radius 3 is 2.42 bits per heavy atom. The monoisotopic (exact) mass is 368 g/mol. The molecule has 1 heterocycles. The molecule has 3 N–H and O–H groups in total. The summed E-state index contributed by atoms with van der Waals surface area (Å²) >= 11 is 5.83. The van der Waals surface area contributed by atoms with Gasteiger partial charge in [-0.15, -0.1) is 0 Å². The average Bonchev–Trinajstić information content (AvgIpc) is 3.14. The van der Waals surface area contributed by atoms with Crippen LogP contribution in [0.15, 0.2) is 60.9 Å². The Balaban J connectivity index is 1.72. The van der Waals surface area contributed by atoms with Gasteiger partial charge in [0.15, 0.2) is 5.69 Å². The van der Waals surface area contributed by atoms with E-state index in [1.807, 2.05) is 37.3 Å². The molecule has 2 aromatic carbocycles. The van der Waals surface area contributed by atoms with Crippen molar-refractivity contribution >= 4 is 29.1 Å². The Kier molecular flexibility index (Phi) is 5.34. The molecule has 6 nitrogen and oxygen atoms in total. The van der Waals surface area contributed by atoms with Crippen LogP contribution in [0.25, 0.3) is 0 Å². The largest absolute Gasteiger partial charge is 0.344 e. The SMILES string of the molecule is C[C@@H](NC(=O)c1[nH]cnc1C(=O)Nc1ccc(Cl)cc1)c1ccccc1. The number of anilines is 1. The van der Waals surface area contributed by atoms with Crippen LogP contribution in [0.2, 0.25) is 5.02 Å². The van der Waals surface area contributed by atoms with Crippen molar-refractivity contribution in [2.75, 3.05) is 5.32 Å². The van der Waals surface area contributed by atoms with E-state index >= 15 is 0 Å². The molecule has 0 aliphatic rings. The molecule has 0 radical (unpaired) electrons. The number of aromatic nitrogens is 2. The summed E-state index contributed by atoms with van der Waals surface area (Å²) in [6.45, 7) is 1.87. The van der Waals surface area contributed by atoms with Crippen molar-refractivity contribution in [3.63, 3.8) is 0 Å². The highest BCUT2D eigenvalue weighted by Crippen LogP contribution is 2.16. The van der Waals surface area contributed by atoms with Gasteiger partial charge in [-0.2, -0.15) is 0 Å².